The van der Waals surface area contributed by atoms with Gasteiger partial charge in [-0.2, -0.15) is 0 Å². The molecule has 0 spiro atoms. The van der Waals surface area contributed by atoms with Crippen molar-refractivity contribution in [2.24, 2.45) is 0 Å². The SMILES string of the molecule is c1cn(CCCN2CCOCC2)c(-c2cn(C3CCNCC3)nn2)n1. The van der Waals surface area contributed by atoms with Crippen molar-refractivity contribution in [3.63, 3.8) is 0 Å². The lowest BCUT2D eigenvalue weighted by Gasteiger charge is -2.26. The number of hydrogen-bond acceptors (Lipinski definition) is 6. The van der Waals surface area contributed by atoms with Crippen LogP contribution in [0.2, 0.25) is 0 Å². The number of hydrogen-bond donors (Lipinski definition) is 1. The number of imidazole rings is 1. The van der Waals surface area contributed by atoms with Crippen LogP contribution >= 0.6 is 0 Å². The van der Waals surface area contributed by atoms with Gasteiger partial charge in [0.05, 0.1) is 25.5 Å². The summed E-state index contributed by atoms with van der Waals surface area (Å²) in [4.78, 5) is 6.98. The van der Waals surface area contributed by atoms with Gasteiger partial charge in [-0.3, -0.25) is 4.90 Å². The Morgan fingerprint density at radius 3 is 2.84 bits per heavy atom. The number of piperidine rings is 1. The van der Waals surface area contributed by atoms with Gasteiger partial charge in [0, 0.05) is 38.6 Å². The van der Waals surface area contributed by atoms with Crippen LogP contribution in [0.25, 0.3) is 11.5 Å². The van der Waals surface area contributed by atoms with Gasteiger partial charge < -0.3 is 14.6 Å². The maximum Gasteiger partial charge on any atom is 0.162 e. The average molecular weight is 345 g/mol. The minimum atomic E-state index is 0.451. The summed E-state index contributed by atoms with van der Waals surface area (Å²) in [6, 6.07) is 0.451. The average Bonchev–Trinajstić information content (AvgIpc) is 3.32. The Balaban J connectivity index is 1.36. The molecule has 0 unspecified atom stereocenters. The highest BCUT2D eigenvalue weighted by molar-refractivity contribution is 5.47. The lowest BCUT2D eigenvalue weighted by Crippen LogP contribution is -2.37. The van der Waals surface area contributed by atoms with Gasteiger partial charge in [-0.25, -0.2) is 9.67 Å². The summed E-state index contributed by atoms with van der Waals surface area (Å²) < 4.78 is 9.61. The Bertz CT molecular complexity index is 656. The third-order valence-electron chi connectivity index (χ3n) is 5.11. The Hall–Kier alpha value is -1.77. The Morgan fingerprint density at radius 2 is 2.00 bits per heavy atom. The van der Waals surface area contributed by atoms with Gasteiger partial charge in [0.15, 0.2) is 5.82 Å². The molecule has 25 heavy (non-hydrogen) atoms. The quantitative estimate of drug-likeness (QED) is 0.834. The first-order valence-electron chi connectivity index (χ1n) is 9.34. The molecule has 8 nitrogen and oxygen atoms in total. The molecule has 2 aliphatic rings. The predicted octanol–water partition coefficient (Wildman–Crippen LogP) is 0.788. The molecular weight excluding hydrogens is 318 g/mol. The van der Waals surface area contributed by atoms with E-state index in [0.717, 1.165) is 83.3 Å². The summed E-state index contributed by atoms with van der Waals surface area (Å²) in [5.74, 6) is 0.919. The molecule has 2 aromatic rings. The van der Waals surface area contributed by atoms with Gasteiger partial charge in [-0.05, 0) is 32.4 Å². The molecule has 2 saturated heterocycles. The van der Waals surface area contributed by atoms with Gasteiger partial charge in [-0.1, -0.05) is 5.21 Å². The van der Waals surface area contributed by atoms with E-state index in [4.69, 9.17) is 4.74 Å². The van der Waals surface area contributed by atoms with Crippen LogP contribution in [0.1, 0.15) is 25.3 Å². The number of nitrogens with zero attached hydrogens (tertiary/aromatic N) is 6. The van der Waals surface area contributed by atoms with Crippen LogP contribution in [-0.4, -0.2) is 75.4 Å². The molecule has 2 aromatic heterocycles. The number of ether oxygens (including phenoxy) is 1. The highest BCUT2D eigenvalue weighted by Gasteiger charge is 2.18. The van der Waals surface area contributed by atoms with Crippen molar-refractivity contribution in [3.05, 3.63) is 18.6 Å². The lowest BCUT2D eigenvalue weighted by molar-refractivity contribution is 0.0369. The minimum Gasteiger partial charge on any atom is -0.379 e. The second kappa shape index (κ2) is 8.07. The summed E-state index contributed by atoms with van der Waals surface area (Å²) in [6.07, 6.45) is 9.27. The second-order valence-corrected chi connectivity index (χ2v) is 6.82. The van der Waals surface area contributed by atoms with Crippen LogP contribution in [0.4, 0.5) is 0 Å². The van der Waals surface area contributed by atoms with Crippen LogP contribution < -0.4 is 5.32 Å². The summed E-state index contributed by atoms with van der Waals surface area (Å²) in [6.45, 7) is 7.96. The molecule has 0 amide bonds. The molecule has 8 heteroatoms. The standard InChI is InChI=1S/C17H27N7O/c1(7-22-10-12-25-13-11-22)8-23-9-6-19-17(23)16-14-24(21-20-16)15-2-4-18-5-3-15/h6,9,14-15,18H,1-5,7-8,10-13H2. The van der Waals surface area contributed by atoms with Crippen LogP contribution in [0.3, 0.4) is 0 Å². The van der Waals surface area contributed by atoms with Crippen molar-refractivity contribution < 1.29 is 4.74 Å². The molecule has 4 rings (SSSR count). The second-order valence-electron chi connectivity index (χ2n) is 6.82. The molecule has 1 N–H and O–H groups in total. The third-order valence-corrected chi connectivity index (χ3v) is 5.11. The summed E-state index contributed by atoms with van der Waals surface area (Å²) >= 11 is 0. The van der Waals surface area contributed by atoms with Gasteiger partial charge in [0.2, 0.25) is 0 Å². The van der Waals surface area contributed by atoms with Crippen molar-refractivity contribution in [1.29, 1.82) is 0 Å². The van der Waals surface area contributed by atoms with Crippen molar-refractivity contribution in [3.8, 4) is 11.5 Å². The van der Waals surface area contributed by atoms with Crippen molar-refractivity contribution in [2.75, 3.05) is 45.9 Å². The van der Waals surface area contributed by atoms with E-state index in [2.05, 4.69) is 36.3 Å². The van der Waals surface area contributed by atoms with E-state index < -0.39 is 0 Å². The molecule has 0 bridgehead atoms. The summed E-state index contributed by atoms with van der Waals surface area (Å²) in [5, 5.41) is 12.1. The zero-order chi connectivity index (χ0) is 16.9. The van der Waals surface area contributed by atoms with Crippen LogP contribution in [0.5, 0.6) is 0 Å². The summed E-state index contributed by atoms with van der Waals surface area (Å²) in [7, 11) is 0. The third kappa shape index (κ3) is 4.08. The van der Waals surface area contributed by atoms with E-state index in [1.165, 1.54) is 0 Å². The molecule has 2 fully saturated rings. The molecule has 0 atom stereocenters. The molecule has 4 heterocycles. The number of nitrogens with one attached hydrogen (secondary N) is 1. The Labute approximate surface area is 148 Å². The maximum absolute atomic E-state index is 5.40. The van der Waals surface area contributed by atoms with E-state index >= 15 is 0 Å². The smallest absolute Gasteiger partial charge is 0.162 e. The van der Waals surface area contributed by atoms with Crippen LogP contribution in [0, 0.1) is 0 Å². The fourth-order valence-electron chi connectivity index (χ4n) is 3.64. The molecular formula is C17H27N7O. The first kappa shape index (κ1) is 16.7. The normalized spacial score (nSPS) is 20.2. The van der Waals surface area contributed by atoms with E-state index in [9.17, 15) is 0 Å². The topological polar surface area (TPSA) is 73.0 Å². The maximum atomic E-state index is 5.40. The van der Waals surface area contributed by atoms with Crippen LogP contribution in [-0.2, 0) is 11.3 Å². The lowest BCUT2D eigenvalue weighted by atomic mass is 10.1. The first-order valence-corrected chi connectivity index (χ1v) is 9.34. The van der Waals surface area contributed by atoms with E-state index in [1.807, 2.05) is 17.1 Å². The van der Waals surface area contributed by atoms with Gasteiger partial charge >= 0.3 is 0 Å². The van der Waals surface area contributed by atoms with Crippen molar-refractivity contribution in [1.82, 2.24) is 34.8 Å². The zero-order valence-corrected chi connectivity index (χ0v) is 14.7. The monoisotopic (exact) mass is 345 g/mol. The Morgan fingerprint density at radius 1 is 1.16 bits per heavy atom. The molecule has 0 aliphatic carbocycles. The van der Waals surface area contributed by atoms with Gasteiger partial charge in [0.1, 0.15) is 5.69 Å². The Kier molecular flexibility index (Phi) is 5.39. The number of aryl methyl sites for hydroxylation is 1. The highest BCUT2D eigenvalue weighted by Crippen LogP contribution is 2.21. The molecule has 0 radical (unpaired) electrons. The summed E-state index contributed by atoms with van der Waals surface area (Å²) in [5.41, 5.74) is 0.870. The van der Waals surface area contributed by atoms with Crippen molar-refractivity contribution >= 4 is 0 Å². The van der Waals surface area contributed by atoms with E-state index in [-0.39, 0.29) is 0 Å². The highest BCUT2D eigenvalue weighted by atomic mass is 16.5. The van der Waals surface area contributed by atoms with Crippen LogP contribution in [0.15, 0.2) is 18.6 Å². The zero-order valence-electron chi connectivity index (χ0n) is 14.7. The number of morpholine rings is 1. The molecule has 136 valence electrons. The fraction of sp³-hybridized carbons (Fsp3) is 0.706. The molecule has 0 aromatic carbocycles. The first-order chi connectivity index (χ1) is 12.4. The number of aromatic nitrogens is 5. The van der Waals surface area contributed by atoms with E-state index in [0.29, 0.717) is 6.04 Å². The van der Waals surface area contributed by atoms with Gasteiger partial charge in [0.25, 0.3) is 0 Å². The van der Waals surface area contributed by atoms with Crippen molar-refractivity contribution in [2.45, 2.75) is 31.8 Å². The number of rotatable bonds is 6. The largest absolute Gasteiger partial charge is 0.379 e. The fourth-order valence-corrected chi connectivity index (χ4v) is 3.64. The van der Waals surface area contributed by atoms with E-state index in [1.54, 1.807) is 0 Å². The molecule has 2 aliphatic heterocycles. The predicted molar refractivity (Wildman–Crippen MR) is 94.3 cm³/mol. The van der Waals surface area contributed by atoms with Gasteiger partial charge in [-0.15, -0.1) is 5.10 Å². The minimum absolute atomic E-state index is 0.451. The molecule has 0 saturated carbocycles.